The number of carboxylic acid groups (broad SMARTS) is 1. The monoisotopic (exact) mass is 320 g/mol. The van der Waals surface area contributed by atoms with Crippen molar-refractivity contribution in [2.24, 2.45) is 0 Å². The van der Waals surface area contributed by atoms with E-state index in [2.05, 4.69) is 13.0 Å². The van der Waals surface area contributed by atoms with Gasteiger partial charge in [0.2, 0.25) is 0 Å². The van der Waals surface area contributed by atoms with E-state index < -0.39 is 6.09 Å². The Labute approximate surface area is 136 Å². The van der Waals surface area contributed by atoms with Crippen LogP contribution >= 0.6 is 0 Å². The Balaban J connectivity index is 2.09. The standard InChI is InChI=1S/C17H24N2O4/c1-12(14-4-5-16-15(10-14)6-9-23-16)11-19(7-8-20)13(2)18(3)17(21)22/h4-5,8,10,12-13H,6-7,9,11H2,1-3H3,(H,21,22). The van der Waals surface area contributed by atoms with Crippen LogP contribution in [-0.2, 0) is 11.2 Å². The molecule has 1 aliphatic heterocycles. The second kappa shape index (κ2) is 7.46. The zero-order valence-electron chi connectivity index (χ0n) is 13.9. The van der Waals surface area contributed by atoms with Crippen LogP contribution in [0.5, 0.6) is 5.75 Å². The van der Waals surface area contributed by atoms with Crippen LogP contribution in [0.2, 0.25) is 0 Å². The molecule has 1 aromatic rings. The summed E-state index contributed by atoms with van der Waals surface area (Å²) in [6.45, 7) is 5.42. The summed E-state index contributed by atoms with van der Waals surface area (Å²) in [4.78, 5) is 25.2. The largest absolute Gasteiger partial charge is 0.493 e. The number of hydrogen-bond acceptors (Lipinski definition) is 4. The van der Waals surface area contributed by atoms with Crippen LogP contribution in [0.1, 0.15) is 30.9 Å². The number of nitrogens with zero attached hydrogens (tertiary/aromatic N) is 2. The Kier molecular flexibility index (Phi) is 5.60. The van der Waals surface area contributed by atoms with Crippen molar-refractivity contribution in [1.29, 1.82) is 0 Å². The maximum absolute atomic E-state index is 11.1. The quantitative estimate of drug-likeness (QED) is 0.616. The van der Waals surface area contributed by atoms with Gasteiger partial charge in [-0.3, -0.25) is 9.80 Å². The topological polar surface area (TPSA) is 70.1 Å². The van der Waals surface area contributed by atoms with Crippen molar-refractivity contribution in [2.45, 2.75) is 32.4 Å². The minimum atomic E-state index is -1.00. The molecule has 6 heteroatoms. The fourth-order valence-corrected chi connectivity index (χ4v) is 2.85. The molecule has 126 valence electrons. The number of carbonyl (C=O) groups is 2. The third kappa shape index (κ3) is 4.01. The van der Waals surface area contributed by atoms with Gasteiger partial charge >= 0.3 is 6.09 Å². The number of ether oxygens (including phenoxy) is 1. The normalized spacial score (nSPS) is 15.7. The molecule has 0 spiro atoms. The fraction of sp³-hybridized carbons (Fsp3) is 0.529. The lowest BCUT2D eigenvalue weighted by atomic mass is 9.97. The maximum atomic E-state index is 11.1. The molecule has 0 aliphatic carbocycles. The highest BCUT2D eigenvalue weighted by Gasteiger charge is 2.24. The minimum absolute atomic E-state index is 0.186. The van der Waals surface area contributed by atoms with Gasteiger partial charge in [0.15, 0.2) is 0 Å². The lowest BCUT2D eigenvalue weighted by molar-refractivity contribution is -0.110. The molecule has 0 fully saturated rings. The van der Waals surface area contributed by atoms with Gasteiger partial charge in [-0.1, -0.05) is 19.1 Å². The Morgan fingerprint density at radius 3 is 2.83 bits per heavy atom. The molecule has 0 saturated heterocycles. The molecule has 2 unspecified atom stereocenters. The molecule has 2 atom stereocenters. The first-order valence-corrected chi connectivity index (χ1v) is 7.83. The summed E-state index contributed by atoms with van der Waals surface area (Å²) < 4.78 is 5.52. The van der Waals surface area contributed by atoms with Crippen molar-refractivity contribution in [3.63, 3.8) is 0 Å². The van der Waals surface area contributed by atoms with Crippen LogP contribution in [-0.4, -0.2) is 60.2 Å². The Hall–Kier alpha value is -2.08. The van der Waals surface area contributed by atoms with Crippen LogP contribution in [0.15, 0.2) is 18.2 Å². The van der Waals surface area contributed by atoms with Crippen molar-refractivity contribution in [2.75, 3.05) is 26.7 Å². The number of rotatable bonds is 7. The second-order valence-electron chi connectivity index (χ2n) is 6.01. The lowest BCUT2D eigenvalue weighted by Gasteiger charge is -2.34. The SMILES string of the molecule is CC(CN(CC=O)C(C)N(C)C(=O)O)c1ccc2c(c1)CCO2. The highest BCUT2D eigenvalue weighted by atomic mass is 16.5. The van der Waals surface area contributed by atoms with Crippen molar-refractivity contribution >= 4 is 12.4 Å². The van der Waals surface area contributed by atoms with Crippen molar-refractivity contribution < 1.29 is 19.4 Å². The van der Waals surface area contributed by atoms with E-state index >= 15 is 0 Å². The Bertz CT molecular complexity index is 576. The Morgan fingerprint density at radius 2 is 2.17 bits per heavy atom. The van der Waals surface area contributed by atoms with Gasteiger partial charge < -0.3 is 14.6 Å². The summed E-state index contributed by atoms with van der Waals surface area (Å²) in [5, 5.41) is 9.12. The lowest BCUT2D eigenvalue weighted by Crippen LogP contribution is -2.48. The molecule has 1 amide bonds. The molecule has 23 heavy (non-hydrogen) atoms. The zero-order valence-corrected chi connectivity index (χ0v) is 13.9. The van der Waals surface area contributed by atoms with E-state index in [0.29, 0.717) is 6.54 Å². The van der Waals surface area contributed by atoms with Gasteiger partial charge in [0.25, 0.3) is 0 Å². The number of carbonyl (C=O) groups excluding carboxylic acids is 1. The molecule has 1 heterocycles. The van der Waals surface area contributed by atoms with E-state index in [1.807, 2.05) is 17.0 Å². The average Bonchev–Trinajstić information content (AvgIpc) is 3.00. The highest BCUT2D eigenvalue weighted by Crippen LogP contribution is 2.29. The average molecular weight is 320 g/mol. The summed E-state index contributed by atoms with van der Waals surface area (Å²) >= 11 is 0. The van der Waals surface area contributed by atoms with Gasteiger partial charge in [-0.15, -0.1) is 0 Å². The van der Waals surface area contributed by atoms with Crippen LogP contribution in [0.25, 0.3) is 0 Å². The molecule has 1 aliphatic rings. The van der Waals surface area contributed by atoms with Gasteiger partial charge in [-0.25, -0.2) is 4.79 Å². The van der Waals surface area contributed by atoms with Gasteiger partial charge in [-0.05, 0) is 30.0 Å². The number of hydrogen-bond donors (Lipinski definition) is 1. The molecular formula is C17H24N2O4. The van der Waals surface area contributed by atoms with Crippen LogP contribution in [0.4, 0.5) is 4.79 Å². The van der Waals surface area contributed by atoms with Gasteiger partial charge in [0.05, 0.1) is 19.3 Å². The molecule has 6 nitrogen and oxygen atoms in total. The van der Waals surface area contributed by atoms with E-state index in [0.717, 1.165) is 25.1 Å². The Morgan fingerprint density at radius 1 is 1.43 bits per heavy atom. The summed E-state index contributed by atoms with van der Waals surface area (Å²) in [5.74, 6) is 1.13. The van der Waals surface area contributed by atoms with Gasteiger partial charge in [0, 0.05) is 20.0 Å². The molecule has 0 bridgehead atoms. The number of amides is 1. The second-order valence-corrected chi connectivity index (χ2v) is 6.01. The van der Waals surface area contributed by atoms with E-state index in [1.165, 1.54) is 23.1 Å². The van der Waals surface area contributed by atoms with Crippen LogP contribution in [0, 0.1) is 0 Å². The van der Waals surface area contributed by atoms with Crippen molar-refractivity contribution in [1.82, 2.24) is 9.80 Å². The first kappa shape index (κ1) is 17.3. The third-order valence-corrected chi connectivity index (χ3v) is 4.49. The minimum Gasteiger partial charge on any atom is -0.493 e. The fourth-order valence-electron chi connectivity index (χ4n) is 2.85. The molecule has 0 radical (unpaired) electrons. The van der Waals surface area contributed by atoms with Gasteiger partial charge in [0.1, 0.15) is 12.0 Å². The molecule has 1 aromatic carbocycles. The number of benzene rings is 1. The number of fused-ring (bicyclic) bond motifs is 1. The first-order valence-electron chi connectivity index (χ1n) is 7.83. The third-order valence-electron chi connectivity index (χ3n) is 4.49. The maximum Gasteiger partial charge on any atom is 0.408 e. The summed E-state index contributed by atoms with van der Waals surface area (Å²) in [6, 6.07) is 6.18. The molecular weight excluding hydrogens is 296 g/mol. The molecule has 1 N–H and O–H groups in total. The van der Waals surface area contributed by atoms with E-state index in [4.69, 9.17) is 9.84 Å². The highest BCUT2D eigenvalue weighted by molar-refractivity contribution is 5.65. The van der Waals surface area contributed by atoms with Crippen molar-refractivity contribution in [3.8, 4) is 5.75 Å². The zero-order chi connectivity index (χ0) is 17.0. The predicted octanol–water partition coefficient (Wildman–Crippen LogP) is 2.18. The summed E-state index contributed by atoms with van der Waals surface area (Å²) in [5.41, 5.74) is 2.39. The number of aldehydes is 1. The molecule has 0 saturated carbocycles. The van der Waals surface area contributed by atoms with Crippen LogP contribution in [0.3, 0.4) is 0 Å². The van der Waals surface area contributed by atoms with Crippen LogP contribution < -0.4 is 4.74 Å². The molecule has 2 rings (SSSR count). The van der Waals surface area contributed by atoms with E-state index in [-0.39, 0.29) is 18.6 Å². The first-order chi connectivity index (χ1) is 10.9. The van der Waals surface area contributed by atoms with Crippen molar-refractivity contribution in [3.05, 3.63) is 29.3 Å². The predicted molar refractivity (Wildman–Crippen MR) is 86.9 cm³/mol. The van der Waals surface area contributed by atoms with Gasteiger partial charge in [-0.2, -0.15) is 0 Å². The summed E-state index contributed by atoms with van der Waals surface area (Å²) in [7, 11) is 1.52. The smallest absolute Gasteiger partial charge is 0.408 e. The van der Waals surface area contributed by atoms with E-state index in [1.54, 1.807) is 6.92 Å². The van der Waals surface area contributed by atoms with E-state index in [9.17, 15) is 9.59 Å². The molecule has 0 aromatic heterocycles. The summed E-state index contributed by atoms with van der Waals surface area (Å²) in [6.07, 6.45) is 0.371.